The minimum atomic E-state index is -1.19. The molecule has 7 heteroatoms. The molecule has 2 unspecified atom stereocenters. The Morgan fingerprint density at radius 3 is 2.48 bits per heavy atom. The van der Waals surface area contributed by atoms with Crippen LogP contribution < -0.4 is 9.47 Å². The summed E-state index contributed by atoms with van der Waals surface area (Å²) in [4.78, 5) is 11.0. The molecule has 0 amide bonds. The van der Waals surface area contributed by atoms with Gasteiger partial charge in [-0.3, -0.25) is 0 Å². The molecule has 2 atom stereocenters. The van der Waals surface area contributed by atoms with Crippen LogP contribution in [0.3, 0.4) is 0 Å². The van der Waals surface area contributed by atoms with Gasteiger partial charge in [0.05, 0.1) is 5.56 Å². The van der Waals surface area contributed by atoms with Gasteiger partial charge in [0.15, 0.2) is 11.5 Å². The van der Waals surface area contributed by atoms with E-state index in [2.05, 4.69) is 5.16 Å². The van der Waals surface area contributed by atoms with Gasteiger partial charge in [0.2, 0.25) is 5.76 Å². The largest absolute Gasteiger partial charge is 0.504 e. The zero-order valence-electron chi connectivity index (χ0n) is 12.6. The number of carboxylic acid groups (broad SMARTS) is 1. The van der Waals surface area contributed by atoms with Gasteiger partial charge in [-0.05, 0) is 13.8 Å². The average molecular weight is 317 g/mol. The zero-order chi connectivity index (χ0) is 16.3. The molecule has 7 nitrogen and oxygen atoms in total. The summed E-state index contributed by atoms with van der Waals surface area (Å²) in [6.45, 7) is 3.81. The fourth-order valence-corrected chi connectivity index (χ4v) is 3.26. The van der Waals surface area contributed by atoms with E-state index in [0.29, 0.717) is 41.2 Å². The third-order valence-electron chi connectivity index (χ3n) is 4.18. The molecule has 2 aliphatic heterocycles. The molecule has 1 aromatic heterocycles. The number of aromatic carboxylic acids is 1. The molecule has 0 aliphatic carbocycles. The summed E-state index contributed by atoms with van der Waals surface area (Å²) >= 11 is 0. The summed E-state index contributed by atoms with van der Waals surface area (Å²) in [5.41, 5.74) is 2.47. The first-order chi connectivity index (χ1) is 11.0. The van der Waals surface area contributed by atoms with E-state index in [4.69, 9.17) is 19.1 Å². The van der Waals surface area contributed by atoms with Crippen molar-refractivity contribution in [2.75, 3.05) is 0 Å². The highest BCUT2D eigenvalue weighted by Gasteiger charge is 2.37. The zero-order valence-corrected chi connectivity index (χ0v) is 12.6. The van der Waals surface area contributed by atoms with Crippen molar-refractivity contribution in [3.63, 3.8) is 0 Å². The monoisotopic (exact) mass is 317 g/mol. The normalized spacial score (nSPS) is 21.5. The number of hydrogen-bond acceptors (Lipinski definition) is 6. The van der Waals surface area contributed by atoms with Gasteiger partial charge in [0.1, 0.15) is 23.7 Å². The molecule has 0 saturated heterocycles. The van der Waals surface area contributed by atoms with Crippen LogP contribution in [0, 0.1) is 0 Å². The molecule has 3 heterocycles. The number of fused-ring (bicyclic) bond motifs is 2. The van der Waals surface area contributed by atoms with Crippen molar-refractivity contribution in [3.05, 3.63) is 23.0 Å². The summed E-state index contributed by atoms with van der Waals surface area (Å²) in [5.74, 6) is -0.349. The lowest BCUT2D eigenvalue weighted by atomic mass is 9.95. The van der Waals surface area contributed by atoms with Gasteiger partial charge in [0, 0.05) is 30.0 Å². The van der Waals surface area contributed by atoms with E-state index < -0.39 is 5.97 Å². The van der Waals surface area contributed by atoms with Crippen molar-refractivity contribution in [3.8, 4) is 28.5 Å². The number of rotatable bonds is 2. The summed E-state index contributed by atoms with van der Waals surface area (Å²) in [5, 5.41) is 23.4. The second-order valence-electron chi connectivity index (χ2n) is 5.99. The quantitative estimate of drug-likeness (QED) is 0.876. The Balaban J connectivity index is 1.97. The van der Waals surface area contributed by atoms with Crippen molar-refractivity contribution in [2.24, 2.45) is 0 Å². The predicted octanol–water partition coefficient (Wildman–Crippen LogP) is 2.39. The van der Waals surface area contributed by atoms with E-state index in [-0.39, 0.29) is 23.7 Å². The lowest BCUT2D eigenvalue weighted by molar-refractivity contribution is 0.0652. The molecule has 2 N–H and O–H groups in total. The van der Waals surface area contributed by atoms with Crippen LogP contribution in [0.4, 0.5) is 0 Å². The van der Waals surface area contributed by atoms with Crippen LogP contribution in [0.5, 0.6) is 17.2 Å². The Morgan fingerprint density at radius 1 is 1.17 bits per heavy atom. The minimum absolute atomic E-state index is 0.0829. The SMILES string of the molecule is CC1Cc2c(c(O)c3c(c2-c2cc(C(=O)O)on2)OC(C)C3)O1. The Morgan fingerprint density at radius 2 is 1.83 bits per heavy atom. The molecule has 23 heavy (non-hydrogen) atoms. The highest BCUT2D eigenvalue weighted by atomic mass is 16.5. The third-order valence-corrected chi connectivity index (χ3v) is 4.18. The summed E-state index contributed by atoms with van der Waals surface area (Å²) in [7, 11) is 0. The summed E-state index contributed by atoms with van der Waals surface area (Å²) in [6, 6.07) is 1.37. The number of carbonyl (C=O) groups is 1. The molecule has 1 aromatic carbocycles. The number of benzene rings is 1. The standard InChI is InChI=1S/C16H15NO6/c1-6-3-8-12(10-5-11(16(19)20)23-17-10)14-9(4-7(2)21-14)13(18)15(8)22-6/h5-7,18H,3-4H2,1-2H3,(H,19,20). The molecule has 2 aromatic rings. The molecule has 0 saturated carbocycles. The molecule has 0 spiro atoms. The van der Waals surface area contributed by atoms with Crippen LogP contribution in [0.2, 0.25) is 0 Å². The van der Waals surface area contributed by atoms with Crippen LogP contribution in [-0.4, -0.2) is 33.5 Å². The Labute approximate surface area is 131 Å². The van der Waals surface area contributed by atoms with Crippen molar-refractivity contribution in [2.45, 2.75) is 38.9 Å². The predicted molar refractivity (Wildman–Crippen MR) is 78.2 cm³/mol. The fraction of sp³-hybridized carbons (Fsp3) is 0.375. The van der Waals surface area contributed by atoms with E-state index in [9.17, 15) is 9.90 Å². The Hall–Kier alpha value is -2.70. The van der Waals surface area contributed by atoms with Crippen LogP contribution >= 0.6 is 0 Å². The van der Waals surface area contributed by atoms with Gasteiger partial charge in [-0.1, -0.05) is 5.16 Å². The molecule has 2 aliphatic rings. The molecular formula is C16H15NO6. The van der Waals surface area contributed by atoms with Crippen molar-refractivity contribution >= 4 is 5.97 Å². The third kappa shape index (κ3) is 1.96. The number of carboxylic acids is 1. The number of nitrogens with zero attached hydrogens (tertiary/aromatic N) is 1. The second-order valence-corrected chi connectivity index (χ2v) is 5.99. The maximum absolute atomic E-state index is 11.0. The fourth-order valence-electron chi connectivity index (χ4n) is 3.26. The highest BCUT2D eigenvalue weighted by Crippen LogP contribution is 2.53. The lowest BCUT2D eigenvalue weighted by Crippen LogP contribution is -2.07. The van der Waals surface area contributed by atoms with Gasteiger partial charge in [-0.2, -0.15) is 0 Å². The number of phenols is 1. The minimum Gasteiger partial charge on any atom is -0.504 e. The van der Waals surface area contributed by atoms with Gasteiger partial charge in [-0.25, -0.2) is 4.79 Å². The smallest absolute Gasteiger partial charge is 0.374 e. The van der Waals surface area contributed by atoms with Crippen LogP contribution in [0.1, 0.15) is 35.5 Å². The van der Waals surface area contributed by atoms with Gasteiger partial charge in [0.25, 0.3) is 0 Å². The van der Waals surface area contributed by atoms with E-state index in [1.165, 1.54) is 6.07 Å². The average Bonchev–Trinajstić information content (AvgIpc) is 3.17. The van der Waals surface area contributed by atoms with E-state index >= 15 is 0 Å². The first-order valence-electron chi connectivity index (χ1n) is 7.40. The number of ether oxygens (including phenoxy) is 2. The summed E-state index contributed by atoms with van der Waals surface area (Å²) in [6.07, 6.45) is 0.974. The summed E-state index contributed by atoms with van der Waals surface area (Å²) < 4.78 is 16.5. The van der Waals surface area contributed by atoms with Crippen LogP contribution in [0.15, 0.2) is 10.6 Å². The van der Waals surface area contributed by atoms with E-state index in [1.807, 2.05) is 13.8 Å². The molecule has 0 bridgehead atoms. The number of aromatic nitrogens is 1. The lowest BCUT2D eigenvalue weighted by Gasteiger charge is -2.13. The number of phenolic OH excluding ortho intramolecular Hbond substituents is 1. The Kier molecular flexibility index (Phi) is 2.81. The molecule has 0 radical (unpaired) electrons. The maximum Gasteiger partial charge on any atom is 0.374 e. The van der Waals surface area contributed by atoms with Crippen molar-refractivity contribution < 1.29 is 29.0 Å². The van der Waals surface area contributed by atoms with E-state index in [1.54, 1.807) is 0 Å². The topological polar surface area (TPSA) is 102 Å². The molecular weight excluding hydrogens is 302 g/mol. The number of hydrogen-bond donors (Lipinski definition) is 2. The first-order valence-corrected chi connectivity index (χ1v) is 7.40. The molecule has 4 rings (SSSR count). The van der Waals surface area contributed by atoms with E-state index in [0.717, 1.165) is 5.56 Å². The Bertz CT molecular complexity index is 785. The van der Waals surface area contributed by atoms with Crippen molar-refractivity contribution in [1.82, 2.24) is 5.16 Å². The van der Waals surface area contributed by atoms with Gasteiger partial charge < -0.3 is 24.2 Å². The first kappa shape index (κ1) is 13.9. The van der Waals surface area contributed by atoms with Gasteiger partial charge >= 0.3 is 5.97 Å². The van der Waals surface area contributed by atoms with Gasteiger partial charge in [-0.15, -0.1) is 0 Å². The van der Waals surface area contributed by atoms with Crippen LogP contribution in [-0.2, 0) is 12.8 Å². The molecule has 0 fully saturated rings. The number of aromatic hydroxyl groups is 1. The maximum atomic E-state index is 11.0. The van der Waals surface area contributed by atoms with Crippen LogP contribution in [0.25, 0.3) is 11.3 Å². The van der Waals surface area contributed by atoms with Crippen molar-refractivity contribution in [1.29, 1.82) is 0 Å². The highest BCUT2D eigenvalue weighted by molar-refractivity contribution is 5.88. The second kappa shape index (κ2) is 4.65. The molecule has 120 valence electrons.